The van der Waals surface area contributed by atoms with Crippen molar-refractivity contribution in [2.45, 2.75) is 0 Å². The molecule has 88 valence electrons. The molecule has 17 heavy (non-hydrogen) atoms. The number of aromatic nitrogens is 2. The van der Waals surface area contributed by atoms with E-state index in [9.17, 15) is 4.39 Å². The lowest BCUT2D eigenvalue weighted by molar-refractivity contribution is 0.627. The average molecular weight is 365 g/mol. The molecule has 0 saturated heterocycles. The summed E-state index contributed by atoms with van der Waals surface area (Å²) in [6.45, 7) is 0. The number of benzene rings is 1. The average Bonchev–Trinajstić information content (AvgIpc) is 2.28. The van der Waals surface area contributed by atoms with Gasteiger partial charge >= 0.3 is 0 Å². The van der Waals surface area contributed by atoms with Crippen LogP contribution in [0.2, 0.25) is 5.15 Å². The van der Waals surface area contributed by atoms with Crippen LogP contribution < -0.4 is 11.1 Å². The standard InChI is InChI=1S/C10H7ClFIN4/c11-9-8(14)10(16-4-15-9)17-7-2-1-5(12)3-6(7)13/h1-4H,14H2,(H,15,16,17). The largest absolute Gasteiger partial charge is 0.393 e. The summed E-state index contributed by atoms with van der Waals surface area (Å²) < 4.78 is 13.6. The first-order valence-corrected chi connectivity index (χ1v) is 6.01. The second kappa shape index (κ2) is 5.01. The maximum Gasteiger partial charge on any atom is 0.158 e. The van der Waals surface area contributed by atoms with E-state index in [2.05, 4.69) is 15.3 Å². The van der Waals surface area contributed by atoms with Crippen LogP contribution in [0, 0.1) is 9.39 Å². The first-order valence-electron chi connectivity index (χ1n) is 4.56. The van der Waals surface area contributed by atoms with E-state index in [4.69, 9.17) is 17.3 Å². The van der Waals surface area contributed by atoms with Gasteiger partial charge in [0.05, 0.1) is 5.69 Å². The normalized spacial score (nSPS) is 10.3. The molecule has 1 aromatic heterocycles. The molecule has 0 radical (unpaired) electrons. The molecule has 1 aromatic carbocycles. The molecule has 0 bridgehead atoms. The van der Waals surface area contributed by atoms with Crippen molar-refractivity contribution in [2.24, 2.45) is 0 Å². The molecule has 0 amide bonds. The second-order valence-electron chi connectivity index (χ2n) is 3.18. The molecule has 3 N–H and O–H groups in total. The molecular weight excluding hydrogens is 357 g/mol. The molecule has 0 spiro atoms. The van der Waals surface area contributed by atoms with E-state index in [0.29, 0.717) is 11.5 Å². The number of halogens is 3. The molecule has 7 heteroatoms. The molecule has 4 nitrogen and oxygen atoms in total. The Bertz CT molecular complexity index is 564. The molecule has 1 heterocycles. The molecule has 0 aliphatic heterocycles. The fourth-order valence-electron chi connectivity index (χ4n) is 1.19. The maximum atomic E-state index is 12.9. The van der Waals surface area contributed by atoms with Crippen LogP contribution in [-0.2, 0) is 0 Å². The zero-order chi connectivity index (χ0) is 12.4. The van der Waals surface area contributed by atoms with Gasteiger partial charge in [0.2, 0.25) is 0 Å². The molecular formula is C10H7ClFIN4. The van der Waals surface area contributed by atoms with Gasteiger partial charge in [-0.1, -0.05) is 11.6 Å². The highest BCUT2D eigenvalue weighted by Crippen LogP contribution is 2.28. The van der Waals surface area contributed by atoms with Gasteiger partial charge in [-0.15, -0.1) is 0 Å². The molecule has 0 unspecified atom stereocenters. The summed E-state index contributed by atoms with van der Waals surface area (Å²) in [4.78, 5) is 7.71. The molecule has 0 saturated carbocycles. The predicted octanol–water partition coefficient (Wildman–Crippen LogP) is 3.20. The van der Waals surface area contributed by atoms with Crippen molar-refractivity contribution in [3.05, 3.63) is 39.1 Å². The molecule has 0 fully saturated rings. The number of nitrogen functional groups attached to an aromatic ring is 1. The summed E-state index contributed by atoms with van der Waals surface area (Å²) in [5, 5.41) is 3.15. The molecule has 0 aliphatic carbocycles. The van der Waals surface area contributed by atoms with Crippen LogP contribution in [-0.4, -0.2) is 9.97 Å². The minimum absolute atomic E-state index is 0.180. The third kappa shape index (κ3) is 2.75. The Balaban J connectivity index is 2.35. The van der Waals surface area contributed by atoms with Crippen molar-refractivity contribution in [3.63, 3.8) is 0 Å². The highest BCUT2D eigenvalue weighted by molar-refractivity contribution is 14.1. The van der Waals surface area contributed by atoms with Crippen molar-refractivity contribution < 1.29 is 4.39 Å². The van der Waals surface area contributed by atoms with E-state index in [0.717, 1.165) is 3.57 Å². The maximum absolute atomic E-state index is 12.9. The Morgan fingerprint density at radius 2 is 2.12 bits per heavy atom. The van der Waals surface area contributed by atoms with Crippen LogP contribution in [0.3, 0.4) is 0 Å². The zero-order valence-electron chi connectivity index (χ0n) is 8.42. The van der Waals surface area contributed by atoms with Crippen LogP contribution in [0.4, 0.5) is 21.6 Å². The van der Waals surface area contributed by atoms with Crippen LogP contribution in [0.15, 0.2) is 24.5 Å². The molecule has 2 rings (SSSR count). The number of hydrogen-bond acceptors (Lipinski definition) is 4. The molecule has 0 aliphatic rings. The van der Waals surface area contributed by atoms with E-state index in [1.54, 1.807) is 6.07 Å². The lowest BCUT2D eigenvalue weighted by atomic mass is 10.3. The lowest BCUT2D eigenvalue weighted by Gasteiger charge is -2.10. The minimum Gasteiger partial charge on any atom is -0.393 e. The van der Waals surface area contributed by atoms with Gasteiger partial charge in [0.1, 0.15) is 17.8 Å². The van der Waals surface area contributed by atoms with Crippen molar-refractivity contribution >= 4 is 51.4 Å². The van der Waals surface area contributed by atoms with Gasteiger partial charge in [-0.3, -0.25) is 0 Å². The number of nitrogens with zero attached hydrogens (tertiary/aromatic N) is 2. The summed E-state index contributed by atoms with van der Waals surface area (Å²) >= 11 is 7.78. The van der Waals surface area contributed by atoms with Crippen molar-refractivity contribution in [2.75, 3.05) is 11.1 Å². The summed E-state index contributed by atoms with van der Waals surface area (Å²) in [6, 6.07) is 4.36. The summed E-state index contributed by atoms with van der Waals surface area (Å²) in [5.74, 6) is 0.100. The van der Waals surface area contributed by atoms with Crippen LogP contribution in [0.5, 0.6) is 0 Å². The number of hydrogen-bond donors (Lipinski definition) is 2. The number of rotatable bonds is 2. The van der Waals surface area contributed by atoms with Gasteiger partial charge in [0.25, 0.3) is 0 Å². The molecule has 0 atom stereocenters. The van der Waals surface area contributed by atoms with E-state index in [1.807, 2.05) is 22.6 Å². The second-order valence-corrected chi connectivity index (χ2v) is 4.70. The highest BCUT2D eigenvalue weighted by atomic mass is 127. The first kappa shape index (κ1) is 12.3. The van der Waals surface area contributed by atoms with Crippen molar-refractivity contribution in [1.82, 2.24) is 9.97 Å². The molecule has 2 aromatic rings. The fraction of sp³-hybridized carbons (Fsp3) is 0. The number of nitrogens with two attached hydrogens (primary N) is 1. The monoisotopic (exact) mass is 364 g/mol. The summed E-state index contributed by atoms with van der Waals surface area (Å²) in [5.41, 5.74) is 6.68. The third-order valence-electron chi connectivity index (χ3n) is 2.02. The topological polar surface area (TPSA) is 63.8 Å². The SMILES string of the molecule is Nc1c(Cl)ncnc1Nc1ccc(F)cc1I. The number of nitrogens with one attached hydrogen (secondary N) is 1. The Hall–Kier alpha value is -1.15. The first-order chi connectivity index (χ1) is 8.08. The van der Waals surface area contributed by atoms with Gasteiger partial charge in [-0.2, -0.15) is 0 Å². The van der Waals surface area contributed by atoms with Gasteiger partial charge in [0, 0.05) is 3.57 Å². The van der Waals surface area contributed by atoms with E-state index in [-0.39, 0.29) is 16.7 Å². The van der Waals surface area contributed by atoms with Gasteiger partial charge in [-0.25, -0.2) is 14.4 Å². The summed E-state index contributed by atoms with van der Waals surface area (Å²) in [7, 11) is 0. The van der Waals surface area contributed by atoms with Crippen molar-refractivity contribution in [1.29, 1.82) is 0 Å². The van der Waals surface area contributed by atoms with Crippen LogP contribution >= 0.6 is 34.2 Å². The smallest absolute Gasteiger partial charge is 0.158 e. The highest BCUT2D eigenvalue weighted by Gasteiger charge is 2.08. The van der Waals surface area contributed by atoms with Gasteiger partial charge in [-0.05, 0) is 40.8 Å². The van der Waals surface area contributed by atoms with Crippen molar-refractivity contribution in [3.8, 4) is 0 Å². The fourth-order valence-corrected chi connectivity index (χ4v) is 1.94. The minimum atomic E-state index is -0.298. The summed E-state index contributed by atoms with van der Waals surface area (Å²) in [6.07, 6.45) is 1.30. The number of anilines is 3. The Morgan fingerprint density at radius 3 is 2.82 bits per heavy atom. The van der Waals surface area contributed by atoms with Gasteiger partial charge in [0.15, 0.2) is 11.0 Å². The zero-order valence-corrected chi connectivity index (χ0v) is 11.3. The van der Waals surface area contributed by atoms with E-state index < -0.39 is 0 Å². The van der Waals surface area contributed by atoms with E-state index in [1.165, 1.54) is 18.5 Å². The van der Waals surface area contributed by atoms with Gasteiger partial charge < -0.3 is 11.1 Å². The van der Waals surface area contributed by atoms with E-state index >= 15 is 0 Å². The Kier molecular flexibility index (Phi) is 3.63. The quantitative estimate of drug-likeness (QED) is 0.634. The Labute approximate surface area is 116 Å². The Morgan fingerprint density at radius 1 is 1.35 bits per heavy atom. The van der Waals surface area contributed by atoms with Crippen LogP contribution in [0.1, 0.15) is 0 Å². The predicted molar refractivity (Wildman–Crippen MR) is 73.9 cm³/mol. The lowest BCUT2D eigenvalue weighted by Crippen LogP contribution is -2.02. The van der Waals surface area contributed by atoms with Crippen LogP contribution in [0.25, 0.3) is 0 Å². The third-order valence-corrected chi connectivity index (χ3v) is 3.21.